The summed E-state index contributed by atoms with van der Waals surface area (Å²) in [6.07, 6.45) is 6.15. The molecule has 2 aliphatic heterocycles. The highest BCUT2D eigenvalue weighted by Gasteiger charge is 2.48. The van der Waals surface area contributed by atoms with Gasteiger partial charge in [-0.15, -0.1) is 0 Å². The summed E-state index contributed by atoms with van der Waals surface area (Å²) < 4.78 is 21.1. The van der Waals surface area contributed by atoms with Crippen molar-refractivity contribution in [1.29, 1.82) is 0 Å². The largest absolute Gasteiger partial charge is 0.495 e. The second-order valence-corrected chi connectivity index (χ2v) is 8.89. The maximum atomic E-state index is 13.6. The maximum absolute atomic E-state index is 13.6. The van der Waals surface area contributed by atoms with Crippen molar-refractivity contribution < 1.29 is 13.9 Å². The number of methoxy groups -OCH3 is 1. The van der Waals surface area contributed by atoms with Crippen LogP contribution in [0.5, 0.6) is 5.75 Å². The first-order valence-corrected chi connectivity index (χ1v) is 11.1. The van der Waals surface area contributed by atoms with Crippen molar-refractivity contribution in [2.75, 3.05) is 20.7 Å². The smallest absolute Gasteiger partial charge is 0.280 e. The third-order valence-corrected chi connectivity index (χ3v) is 6.57. The molecule has 2 aromatic carbocycles. The lowest BCUT2D eigenvalue weighted by molar-refractivity contribution is -0.128. The van der Waals surface area contributed by atoms with Crippen LogP contribution in [0.3, 0.4) is 0 Å². The Kier molecular flexibility index (Phi) is 5.23. The molecule has 3 aromatic rings. The average molecular weight is 460 g/mol. The minimum atomic E-state index is -0.619. The molecule has 3 heterocycles. The Labute approximate surface area is 197 Å². The maximum Gasteiger partial charge on any atom is 0.280 e. The van der Waals surface area contributed by atoms with Crippen LogP contribution in [0.2, 0.25) is 0 Å². The van der Waals surface area contributed by atoms with Crippen molar-refractivity contribution in [2.24, 2.45) is 4.99 Å². The number of aryl methyl sites for hydroxylation is 1. The molecule has 0 bridgehead atoms. The molecule has 0 saturated carbocycles. The minimum absolute atomic E-state index is 0.179. The molecule has 1 fully saturated rings. The Bertz CT molecular complexity index is 1330. The third kappa shape index (κ3) is 3.55. The summed E-state index contributed by atoms with van der Waals surface area (Å²) in [7, 11) is 3.54. The van der Waals surface area contributed by atoms with Crippen LogP contribution in [0.25, 0.3) is 11.8 Å². The molecule has 1 atom stereocenters. The Balaban J connectivity index is 1.52. The van der Waals surface area contributed by atoms with E-state index < -0.39 is 5.54 Å². The average Bonchev–Trinajstić information content (AvgIpc) is 3.41. The highest BCUT2D eigenvalue weighted by Crippen LogP contribution is 2.40. The number of ether oxygens (including phenoxy) is 1. The van der Waals surface area contributed by atoms with Gasteiger partial charge in [0.25, 0.3) is 5.91 Å². The number of fused-ring (bicyclic) bond motifs is 1. The molecule has 1 saturated heterocycles. The number of aliphatic imine (C=N–C) groups is 1. The Morgan fingerprint density at radius 2 is 1.94 bits per heavy atom. The molecule has 2 aliphatic rings. The second-order valence-electron chi connectivity index (χ2n) is 8.89. The van der Waals surface area contributed by atoms with Crippen molar-refractivity contribution in [2.45, 2.75) is 25.8 Å². The zero-order chi connectivity index (χ0) is 24.0. The van der Waals surface area contributed by atoms with Crippen LogP contribution in [0.1, 0.15) is 30.2 Å². The first kappa shape index (κ1) is 21.9. The fraction of sp³-hybridized carbons (Fsp3) is 0.269. The highest BCUT2D eigenvalue weighted by molar-refractivity contribution is 6.14. The van der Waals surface area contributed by atoms with Gasteiger partial charge in [0.1, 0.15) is 17.3 Å². The first-order chi connectivity index (χ1) is 16.3. The molecular weight excluding hydrogens is 433 g/mol. The van der Waals surface area contributed by atoms with E-state index in [2.05, 4.69) is 4.98 Å². The summed E-state index contributed by atoms with van der Waals surface area (Å²) in [4.78, 5) is 26.3. The van der Waals surface area contributed by atoms with Crippen molar-refractivity contribution >= 4 is 17.9 Å². The van der Waals surface area contributed by atoms with Crippen LogP contribution in [0.15, 0.2) is 65.7 Å². The SMILES string of the molecule is COc1cc(/C=C2\N=C3N(C)CCC(C)(c4ccc(F)cc4)N3C2=O)ccc1-n1cnc(C)c1. The lowest BCUT2D eigenvalue weighted by Crippen LogP contribution is -2.58. The molecule has 34 heavy (non-hydrogen) atoms. The lowest BCUT2D eigenvalue weighted by Gasteiger charge is -2.46. The molecule has 1 aromatic heterocycles. The van der Waals surface area contributed by atoms with Crippen LogP contribution in [-0.4, -0.2) is 51.9 Å². The lowest BCUT2D eigenvalue weighted by atomic mass is 9.85. The van der Waals surface area contributed by atoms with Crippen LogP contribution in [-0.2, 0) is 10.3 Å². The van der Waals surface area contributed by atoms with Crippen LogP contribution < -0.4 is 4.74 Å². The summed E-state index contributed by atoms with van der Waals surface area (Å²) in [6, 6.07) is 12.1. The standard InChI is InChI=1S/C26H26FN5O2/c1-17-15-31(16-28-17)22-10-5-18(14-23(22)34-4)13-21-24(33)32-25(29-21)30(3)12-11-26(32,2)19-6-8-20(27)9-7-19/h5-10,13-16H,11-12H2,1-4H3/b21-13-. The fourth-order valence-electron chi connectivity index (χ4n) is 4.59. The number of hydrogen-bond donors (Lipinski definition) is 0. The van der Waals surface area contributed by atoms with Gasteiger partial charge in [0.2, 0.25) is 5.96 Å². The van der Waals surface area contributed by atoms with Gasteiger partial charge in [-0.1, -0.05) is 18.2 Å². The number of aromatic nitrogens is 2. The van der Waals surface area contributed by atoms with Gasteiger partial charge in [-0.05, 0) is 61.7 Å². The van der Waals surface area contributed by atoms with E-state index in [9.17, 15) is 9.18 Å². The van der Waals surface area contributed by atoms with E-state index in [1.54, 1.807) is 36.5 Å². The molecule has 1 unspecified atom stereocenters. The molecular formula is C26H26FN5O2. The van der Waals surface area contributed by atoms with Crippen LogP contribution in [0.4, 0.5) is 4.39 Å². The number of carbonyl (C=O) groups excluding carboxylic acids is 1. The number of carbonyl (C=O) groups is 1. The van der Waals surface area contributed by atoms with E-state index in [0.717, 1.165) is 29.1 Å². The van der Waals surface area contributed by atoms with Gasteiger partial charge in [-0.3, -0.25) is 9.69 Å². The summed E-state index contributed by atoms with van der Waals surface area (Å²) >= 11 is 0. The molecule has 1 amide bonds. The predicted molar refractivity (Wildman–Crippen MR) is 128 cm³/mol. The normalized spacial score (nSPS) is 21.1. The van der Waals surface area contributed by atoms with E-state index in [-0.39, 0.29) is 11.7 Å². The van der Waals surface area contributed by atoms with Gasteiger partial charge in [-0.2, -0.15) is 0 Å². The van der Waals surface area contributed by atoms with Gasteiger partial charge in [0, 0.05) is 19.8 Å². The molecule has 0 aliphatic carbocycles. The quantitative estimate of drug-likeness (QED) is 0.551. The van der Waals surface area contributed by atoms with Crippen molar-refractivity contribution in [3.05, 3.63) is 83.3 Å². The van der Waals surface area contributed by atoms with E-state index >= 15 is 0 Å². The zero-order valence-electron chi connectivity index (χ0n) is 19.6. The van der Waals surface area contributed by atoms with Crippen molar-refractivity contribution in [3.63, 3.8) is 0 Å². The molecule has 0 N–H and O–H groups in total. The van der Waals surface area contributed by atoms with Gasteiger partial charge in [0.05, 0.1) is 30.4 Å². The monoisotopic (exact) mass is 459 g/mol. The summed E-state index contributed by atoms with van der Waals surface area (Å²) in [5.41, 5.74) is 3.18. The van der Waals surface area contributed by atoms with E-state index in [1.807, 2.05) is 54.8 Å². The van der Waals surface area contributed by atoms with E-state index in [4.69, 9.17) is 9.73 Å². The number of hydrogen-bond acceptors (Lipinski definition) is 5. The van der Waals surface area contributed by atoms with E-state index in [1.165, 1.54) is 12.1 Å². The van der Waals surface area contributed by atoms with Crippen molar-refractivity contribution in [1.82, 2.24) is 19.4 Å². The number of nitrogens with zero attached hydrogens (tertiary/aromatic N) is 5. The summed E-state index contributed by atoms with van der Waals surface area (Å²) in [5, 5.41) is 0. The molecule has 0 spiro atoms. The highest BCUT2D eigenvalue weighted by atomic mass is 19.1. The third-order valence-electron chi connectivity index (χ3n) is 6.57. The van der Waals surface area contributed by atoms with Crippen LogP contribution in [0, 0.1) is 12.7 Å². The molecule has 0 radical (unpaired) electrons. The van der Waals surface area contributed by atoms with E-state index in [0.29, 0.717) is 23.8 Å². The number of benzene rings is 2. The zero-order valence-corrected chi connectivity index (χ0v) is 19.6. The number of rotatable bonds is 4. The van der Waals surface area contributed by atoms with Crippen molar-refractivity contribution in [3.8, 4) is 11.4 Å². The second kappa shape index (κ2) is 8.13. The fourth-order valence-corrected chi connectivity index (χ4v) is 4.59. The molecule has 174 valence electrons. The van der Waals surface area contributed by atoms with Crippen LogP contribution >= 0.6 is 0 Å². The Morgan fingerprint density at radius 1 is 1.18 bits per heavy atom. The Morgan fingerprint density at radius 3 is 2.62 bits per heavy atom. The Hall–Kier alpha value is -3.94. The first-order valence-electron chi connectivity index (χ1n) is 11.1. The number of imidazole rings is 1. The number of guanidine groups is 1. The van der Waals surface area contributed by atoms with Gasteiger partial charge >= 0.3 is 0 Å². The number of halogens is 1. The molecule has 8 heteroatoms. The molecule has 7 nitrogen and oxygen atoms in total. The summed E-state index contributed by atoms with van der Waals surface area (Å²) in [6.45, 7) is 4.67. The number of amides is 1. The predicted octanol–water partition coefficient (Wildman–Crippen LogP) is 4.12. The van der Waals surface area contributed by atoms with Gasteiger partial charge in [0.15, 0.2) is 0 Å². The summed E-state index contributed by atoms with van der Waals surface area (Å²) in [5.74, 6) is 0.787. The topological polar surface area (TPSA) is 63.0 Å². The van der Waals surface area contributed by atoms with Gasteiger partial charge < -0.3 is 14.2 Å². The minimum Gasteiger partial charge on any atom is -0.495 e. The molecule has 5 rings (SSSR count). The van der Waals surface area contributed by atoms with Gasteiger partial charge in [-0.25, -0.2) is 14.4 Å².